The van der Waals surface area contributed by atoms with Crippen molar-refractivity contribution in [2.24, 2.45) is 10.9 Å². The Kier molecular flexibility index (Phi) is 4.35. The number of hydrogen-bond acceptors (Lipinski definition) is 5. The van der Waals surface area contributed by atoms with Gasteiger partial charge in [-0.3, -0.25) is 4.90 Å². The van der Waals surface area contributed by atoms with Crippen molar-refractivity contribution in [3.05, 3.63) is 23.9 Å². The van der Waals surface area contributed by atoms with Crippen LogP contribution in [0.2, 0.25) is 0 Å². The summed E-state index contributed by atoms with van der Waals surface area (Å²) in [6, 6.07) is 3.44. The SMILES string of the molecule is N/C(=N\O)c1ccc(OCCN2CCCC2)nc1. The zero-order valence-corrected chi connectivity index (χ0v) is 10.2. The highest BCUT2D eigenvalue weighted by atomic mass is 16.5. The highest BCUT2D eigenvalue weighted by Crippen LogP contribution is 2.09. The Bertz CT molecular complexity index is 399. The van der Waals surface area contributed by atoms with Crippen molar-refractivity contribution in [3.63, 3.8) is 0 Å². The van der Waals surface area contributed by atoms with E-state index < -0.39 is 0 Å². The van der Waals surface area contributed by atoms with Crippen LogP contribution in [-0.4, -0.2) is 47.2 Å². The molecule has 18 heavy (non-hydrogen) atoms. The quantitative estimate of drug-likeness (QED) is 0.347. The number of nitrogens with zero attached hydrogens (tertiary/aromatic N) is 3. The second-order valence-electron chi connectivity index (χ2n) is 4.27. The van der Waals surface area contributed by atoms with Gasteiger partial charge in [0.25, 0.3) is 0 Å². The van der Waals surface area contributed by atoms with Crippen LogP contribution in [0.1, 0.15) is 18.4 Å². The predicted octanol–water partition coefficient (Wildman–Crippen LogP) is 0.651. The number of ether oxygens (including phenoxy) is 1. The summed E-state index contributed by atoms with van der Waals surface area (Å²) in [7, 11) is 0. The van der Waals surface area contributed by atoms with Gasteiger partial charge in [0.05, 0.1) is 0 Å². The van der Waals surface area contributed by atoms with Crippen LogP contribution >= 0.6 is 0 Å². The van der Waals surface area contributed by atoms with Gasteiger partial charge in [-0.25, -0.2) is 4.98 Å². The van der Waals surface area contributed by atoms with Crippen LogP contribution in [-0.2, 0) is 0 Å². The number of hydrogen-bond donors (Lipinski definition) is 2. The number of amidine groups is 1. The molecule has 0 bridgehead atoms. The van der Waals surface area contributed by atoms with E-state index in [1.54, 1.807) is 12.1 Å². The largest absolute Gasteiger partial charge is 0.476 e. The molecule has 0 radical (unpaired) electrons. The molecule has 0 amide bonds. The smallest absolute Gasteiger partial charge is 0.213 e. The maximum Gasteiger partial charge on any atom is 0.213 e. The van der Waals surface area contributed by atoms with Gasteiger partial charge in [0.1, 0.15) is 6.61 Å². The topological polar surface area (TPSA) is 84.0 Å². The Morgan fingerprint density at radius 2 is 2.22 bits per heavy atom. The minimum absolute atomic E-state index is 0.0473. The summed E-state index contributed by atoms with van der Waals surface area (Å²) in [4.78, 5) is 6.48. The maximum atomic E-state index is 8.52. The summed E-state index contributed by atoms with van der Waals surface area (Å²) in [6.45, 7) is 3.90. The van der Waals surface area contributed by atoms with Gasteiger partial charge in [0.2, 0.25) is 5.88 Å². The highest BCUT2D eigenvalue weighted by molar-refractivity contribution is 5.96. The Morgan fingerprint density at radius 3 is 2.83 bits per heavy atom. The molecule has 6 heteroatoms. The summed E-state index contributed by atoms with van der Waals surface area (Å²) >= 11 is 0. The average Bonchev–Trinajstić information content (AvgIpc) is 2.92. The molecule has 1 fully saturated rings. The van der Waals surface area contributed by atoms with Crippen molar-refractivity contribution in [2.45, 2.75) is 12.8 Å². The van der Waals surface area contributed by atoms with E-state index in [0.717, 1.165) is 6.54 Å². The van der Waals surface area contributed by atoms with Crippen molar-refractivity contribution in [2.75, 3.05) is 26.2 Å². The third kappa shape index (κ3) is 3.33. The first-order valence-electron chi connectivity index (χ1n) is 6.08. The van der Waals surface area contributed by atoms with Gasteiger partial charge < -0.3 is 15.7 Å². The number of likely N-dealkylation sites (tertiary alicyclic amines) is 1. The van der Waals surface area contributed by atoms with Crippen LogP contribution in [0.5, 0.6) is 5.88 Å². The van der Waals surface area contributed by atoms with E-state index in [9.17, 15) is 0 Å². The van der Waals surface area contributed by atoms with E-state index in [0.29, 0.717) is 18.1 Å². The molecule has 2 rings (SSSR count). The van der Waals surface area contributed by atoms with Crippen molar-refractivity contribution < 1.29 is 9.94 Å². The first-order chi connectivity index (χ1) is 8.79. The summed E-state index contributed by atoms with van der Waals surface area (Å²) < 4.78 is 5.54. The zero-order chi connectivity index (χ0) is 12.8. The highest BCUT2D eigenvalue weighted by Gasteiger charge is 2.10. The molecule has 0 spiro atoms. The van der Waals surface area contributed by atoms with Crippen LogP contribution in [0, 0.1) is 0 Å². The second kappa shape index (κ2) is 6.20. The van der Waals surface area contributed by atoms with Gasteiger partial charge in [0.15, 0.2) is 5.84 Å². The summed E-state index contributed by atoms with van der Waals surface area (Å²) in [6.07, 6.45) is 4.10. The molecule has 0 aromatic carbocycles. The fraction of sp³-hybridized carbons (Fsp3) is 0.500. The van der Waals surface area contributed by atoms with E-state index >= 15 is 0 Å². The zero-order valence-electron chi connectivity index (χ0n) is 10.2. The minimum Gasteiger partial charge on any atom is -0.476 e. The van der Waals surface area contributed by atoms with Crippen LogP contribution < -0.4 is 10.5 Å². The molecule has 1 aromatic rings. The lowest BCUT2D eigenvalue weighted by Gasteiger charge is -2.14. The van der Waals surface area contributed by atoms with E-state index in [1.165, 1.54) is 32.1 Å². The minimum atomic E-state index is 0.0473. The molecular weight excluding hydrogens is 232 g/mol. The van der Waals surface area contributed by atoms with Gasteiger partial charge in [0, 0.05) is 24.4 Å². The summed E-state index contributed by atoms with van der Waals surface area (Å²) in [5.41, 5.74) is 6.01. The number of pyridine rings is 1. The summed E-state index contributed by atoms with van der Waals surface area (Å²) in [5, 5.41) is 11.4. The third-order valence-electron chi connectivity index (χ3n) is 3.00. The lowest BCUT2D eigenvalue weighted by Crippen LogP contribution is -2.25. The Balaban J connectivity index is 1.79. The third-order valence-corrected chi connectivity index (χ3v) is 3.00. The number of nitrogens with two attached hydrogens (primary N) is 1. The normalized spacial score (nSPS) is 17.0. The van der Waals surface area contributed by atoms with Crippen molar-refractivity contribution >= 4 is 5.84 Å². The van der Waals surface area contributed by atoms with Crippen LogP contribution in [0.25, 0.3) is 0 Å². The van der Waals surface area contributed by atoms with E-state index in [1.807, 2.05) is 0 Å². The molecule has 1 saturated heterocycles. The van der Waals surface area contributed by atoms with Crippen molar-refractivity contribution in [1.82, 2.24) is 9.88 Å². The van der Waals surface area contributed by atoms with Crippen LogP contribution in [0.3, 0.4) is 0 Å². The Hall–Kier alpha value is -1.82. The van der Waals surface area contributed by atoms with E-state index in [2.05, 4.69) is 15.0 Å². The fourth-order valence-corrected chi connectivity index (χ4v) is 1.96. The molecule has 98 valence electrons. The van der Waals surface area contributed by atoms with Crippen molar-refractivity contribution in [3.8, 4) is 5.88 Å². The average molecular weight is 250 g/mol. The predicted molar refractivity (Wildman–Crippen MR) is 67.9 cm³/mol. The molecule has 0 atom stereocenters. The molecule has 3 N–H and O–H groups in total. The molecule has 1 aromatic heterocycles. The molecule has 2 heterocycles. The van der Waals surface area contributed by atoms with Gasteiger partial charge in [-0.05, 0) is 32.0 Å². The first-order valence-corrected chi connectivity index (χ1v) is 6.08. The number of rotatable bonds is 5. The standard InChI is InChI=1S/C12H18N4O2/c13-12(15-17)10-3-4-11(14-9-10)18-8-7-16-5-1-2-6-16/h3-4,9,17H,1-2,5-8H2,(H2,13,15). The number of aromatic nitrogens is 1. The first kappa shape index (κ1) is 12.6. The molecule has 0 unspecified atom stereocenters. The lowest BCUT2D eigenvalue weighted by molar-refractivity contribution is 0.232. The molecule has 6 nitrogen and oxygen atoms in total. The molecular formula is C12H18N4O2. The Labute approximate surface area is 106 Å². The van der Waals surface area contributed by atoms with Gasteiger partial charge in [-0.1, -0.05) is 5.16 Å². The molecule has 0 aliphatic carbocycles. The molecule has 1 aliphatic heterocycles. The molecule has 1 aliphatic rings. The maximum absolute atomic E-state index is 8.52. The van der Waals surface area contributed by atoms with Crippen LogP contribution in [0.4, 0.5) is 0 Å². The second-order valence-corrected chi connectivity index (χ2v) is 4.27. The van der Waals surface area contributed by atoms with Gasteiger partial charge in [-0.2, -0.15) is 0 Å². The van der Waals surface area contributed by atoms with Crippen molar-refractivity contribution in [1.29, 1.82) is 0 Å². The number of oxime groups is 1. The molecule has 0 saturated carbocycles. The van der Waals surface area contributed by atoms with Gasteiger partial charge in [-0.15, -0.1) is 0 Å². The Morgan fingerprint density at radius 1 is 1.44 bits per heavy atom. The van der Waals surface area contributed by atoms with E-state index in [-0.39, 0.29) is 5.84 Å². The lowest BCUT2D eigenvalue weighted by atomic mass is 10.3. The van der Waals surface area contributed by atoms with Gasteiger partial charge >= 0.3 is 0 Å². The monoisotopic (exact) mass is 250 g/mol. The van der Waals surface area contributed by atoms with E-state index in [4.69, 9.17) is 15.7 Å². The fourth-order valence-electron chi connectivity index (χ4n) is 1.96. The summed E-state index contributed by atoms with van der Waals surface area (Å²) in [5.74, 6) is 0.606. The van der Waals surface area contributed by atoms with Crippen LogP contribution in [0.15, 0.2) is 23.5 Å².